The van der Waals surface area contributed by atoms with Gasteiger partial charge in [0.25, 0.3) is 0 Å². The zero-order chi connectivity index (χ0) is 14.5. The molecule has 0 saturated heterocycles. The molecule has 0 bridgehead atoms. The maximum absolute atomic E-state index is 11.2. The van der Waals surface area contributed by atoms with Crippen LogP contribution in [0.4, 0.5) is 11.4 Å². The van der Waals surface area contributed by atoms with E-state index in [-0.39, 0.29) is 5.91 Å². The minimum absolute atomic E-state index is 0.0226. The summed E-state index contributed by atoms with van der Waals surface area (Å²) in [6.45, 7) is 5.83. The quantitative estimate of drug-likeness (QED) is 0.857. The SMILES string of the molecule is CC(=O)Nc1cc(NC(C)C2CCCCC2)ccc1C. The number of carbonyl (C=O) groups excluding carboxylic acids is 1. The minimum atomic E-state index is -0.0226. The standard InChI is InChI=1S/C17H26N2O/c1-12-9-10-16(11-17(12)19-14(3)20)18-13(2)15-7-5-4-6-8-15/h9-11,13,15,18H,4-8H2,1-3H3,(H,19,20). The molecule has 20 heavy (non-hydrogen) atoms. The average Bonchev–Trinajstić information content (AvgIpc) is 2.43. The summed E-state index contributed by atoms with van der Waals surface area (Å²) in [5, 5.41) is 6.49. The van der Waals surface area contributed by atoms with Crippen molar-refractivity contribution in [2.75, 3.05) is 10.6 Å². The molecule has 1 atom stereocenters. The smallest absolute Gasteiger partial charge is 0.221 e. The Bertz CT molecular complexity index is 464. The van der Waals surface area contributed by atoms with E-state index < -0.39 is 0 Å². The topological polar surface area (TPSA) is 41.1 Å². The summed E-state index contributed by atoms with van der Waals surface area (Å²) < 4.78 is 0. The van der Waals surface area contributed by atoms with Gasteiger partial charge in [0.1, 0.15) is 0 Å². The molecule has 1 saturated carbocycles. The monoisotopic (exact) mass is 274 g/mol. The van der Waals surface area contributed by atoms with Crippen molar-refractivity contribution in [2.24, 2.45) is 5.92 Å². The first-order chi connectivity index (χ1) is 9.56. The van der Waals surface area contributed by atoms with Crippen molar-refractivity contribution in [1.82, 2.24) is 0 Å². The molecular weight excluding hydrogens is 248 g/mol. The van der Waals surface area contributed by atoms with E-state index in [9.17, 15) is 4.79 Å². The molecule has 3 heteroatoms. The van der Waals surface area contributed by atoms with Crippen LogP contribution in [0.25, 0.3) is 0 Å². The van der Waals surface area contributed by atoms with Crippen LogP contribution in [0.1, 0.15) is 51.5 Å². The van der Waals surface area contributed by atoms with Gasteiger partial charge in [-0.3, -0.25) is 4.79 Å². The maximum atomic E-state index is 11.2. The third-order valence-electron chi connectivity index (χ3n) is 4.30. The van der Waals surface area contributed by atoms with E-state index in [1.807, 2.05) is 13.0 Å². The van der Waals surface area contributed by atoms with Gasteiger partial charge >= 0.3 is 0 Å². The Kier molecular flexibility index (Phi) is 5.05. The van der Waals surface area contributed by atoms with E-state index in [0.717, 1.165) is 22.9 Å². The highest BCUT2D eigenvalue weighted by molar-refractivity contribution is 5.90. The van der Waals surface area contributed by atoms with Crippen molar-refractivity contribution in [3.8, 4) is 0 Å². The summed E-state index contributed by atoms with van der Waals surface area (Å²) in [4.78, 5) is 11.2. The highest BCUT2D eigenvalue weighted by Crippen LogP contribution is 2.29. The number of amides is 1. The number of rotatable bonds is 4. The summed E-state index contributed by atoms with van der Waals surface area (Å²) in [5.41, 5.74) is 3.09. The van der Waals surface area contributed by atoms with Gasteiger partial charge < -0.3 is 10.6 Å². The van der Waals surface area contributed by atoms with Crippen molar-refractivity contribution in [2.45, 2.75) is 58.9 Å². The fourth-order valence-electron chi connectivity index (χ4n) is 3.05. The zero-order valence-corrected chi connectivity index (χ0v) is 12.8. The van der Waals surface area contributed by atoms with Gasteiger partial charge in [-0.05, 0) is 50.3 Å². The number of carbonyl (C=O) groups is 1. The molecule has 3 nitrogen and oxygen atoms in total. The Hall–Kier alpha value is -1.51. The van der Waals surface area contributed by atoms with Gasteiger partial charge in [-0.1, -0.05) is 25.3 Å². The third kappa shape index (κ3) is 3.99. The molecule has 0 heterocycles. The molecule has 0 aliphatic heterocycles. The summed E-state index contributed by atoms with van der Waals surface area (Å²) in [5.74, 6) is 0.750. The van der Waals surface area contributed by atoms with Crippen LogP contribution in [-0.2, 0) is 4.79 Å². The number of aryl methyl sites for hydroxylation is 1. The molecule has 1 unspecified atom stereocenters. The van der Waals surface area contributed by atoms with Crippen molar-refractivity contribution in [3.05, 3.63) is 23.8 Å². The second kappa shape index (κ2) is 6.78. The van der Waals surface area contributed by atoms with E-state index in [2.05, 4.69) is 29.7 Å². The van der Waals surface area contributed by atoms with E-state index >= 15 is 0 Å². The van der Waals surface area contributed by atoms with Crippen molar-refractivity contribution in [1.29, 1.82) is 0 Å². The van der Waals surface area contributed by atoms with Crippen LogP contribution in [0, 0.1) is 12.8 Å². The van der Waals surface area contributed by atoms with E-state index in [4.69, 9.17) is 0 Å². The fraction of sp³-hybridized carbons (Fsp3) is 0.588. The molecule has 0 aromatic heterocycles. The molecule has 1 aliphatic rings. The van der Waals surface area contributed by atoms with Gasteiger partial charge in [0.05, 0.1) is 0 Å². The number of hydrogen-bond donors (Lipinski definition) is 2. The molecule has 2 rings (SSSR count). The predicted octanol–water partition coefficient (Wildman–Crippen LogP) is 4.33. The van der Waals surface area contributed by atoms with Crippen LogP contribution in [0.5, 0.6) is 0 Å². The Morgan fingerprint density at radius 1 is 1.25 bits per heavy atom. The first kappa shape index (κ1) is 14.9. The number of anilines is 2. The fourth-order valence-corrected chi connectivity index (χ4v) is 3.05. The maximum Gasteiger partial charge on any atom is 0.221 e. The van der Waals surface area contributed by atoms with Crippen LogP contribution < -0.4 is 10.6 Å². The molecule has 0 radical (unpaired) electrons. The molecule has 1 aromatic carbocycles. The Balaban J connectivity index is 2.02. The highest BCUT2D eigenvalue weighted by atomic mass is 16.1. The summed E-state index contributed by atoms with van der Waals surface area (Å²) in [6, 6.07) is 6.68. The molecular formula is C17H26N2O. The lowest BCUT2D eigenvalue weighted by Crippen LogP contribution is -2.27. The van der Waals surface area contributed by atoms with Crippen molar-refractivity contribution < 1.29 is 4.79 Å². The summed E-state index contributed by atoms with van der Waals surface area (Å²) >= 11 is 0. The zero-order valence-electron chi connectivity index (χ0n) is 12.8. The predicted molar refractivity (Wildman–Crippen MR) is 85.1 cm³/mol. The van der Waals surface area contributed by atoms with Crippen LogP contribution in [0.2, 0.25) is 0 Å². The molecule has 1 amide bonds. The van der Waals surface area contributed by atoms with Crippen LogP contribution in [0.15, 0.2) is 18.2 Å². The Labute approximate surface area is 122 Å². The van der Waals surface area contributed by atoms with Crippen LogP contribution >= 0.6 is 0 Å². The molecule has 110 valence electrons. The Morgan fingerprint density at radius 3 is 2.60 bits per heavy atom. The largest absolute Gasteiger partial charge is 0.382 e. The van der Waals surface area contributed by atoms with E-state index in [1.165, 1.54) is 32.1 Å². The summed E-state index contributed by atoms with van der Waals surface area (Å²) in [7, 11) is 0. The molecule has 0 spiro atoms. The molecule has 1 fully saturated rings. The number of hydrogen-bond acceptors (Lipinski definition) is 2. The van der Waals surface area contributed by atoms with Crippen LogP contribution in [0.3, 0.4) is 0 Å². The normalized spacial score (nSPS) is 17.6. The first-order valence-corrected chi connectivity index (χ1v) is 7.71. The van der Waals surface area contributed by atoms with Gasteiger partial charge in [-0.15, -0.1) is 0 Å². The van der Waals surface area contributed by atoms with E-state index in [1.54, 1.807) is 6.92 Å². The molecule has 1 aromatic rings. The molecule has 1 aliphatic carbocycles. The average molecular weight is 274 g/mol. The summed E-state index contributed by atoms with van der Waals surface area (Å²) in [6.07, 6.45) is 6.78. The number of benzene rings is 1. The van der Waals surface area contributed by atoms with Gasteiger partial charge in [-0.25, -0.2) is 0 Å². The first-order valence-electron chi connectivity index (χ1n) is 7.71. The van der Waals surface area contributed by atoms with Gasteiger partial charge in [0.15, 0.2) is 0 Å². The van der Waals surface area contributed by atoms with Crippen LogP contribution in [-0.4, -0.2) is 11.9 Å². The van der Waals surface area contributed by atoms with Crippen molar-refractivity contribution in [3.63, 3.8) is 0 Å². The van der Waals surface area contributed by atoms with Gasteiger partial charge in [0.2, 0.25) is 5.91 Å². The van der Waals surface area contributed by atoms with Gasteiger partial charge in [0, 0.05) is 24.3 Å². The van der Waals surface area contributed by atoms with Gasteiger partial charge in [-0.2, -0.15) is 0 Å². The lowest BCUT2D eigenvalue weighted by molar-refractivity contribution is -0.114. The Morgan fingerprint density at radius 2 is 1.95 bits per heavy atom. The second-order valence-corrected chi connectivity index (χ2v) is 6.04. The highest BCUT2D eigenvalue weighted by Gasteiger charge is 2.19. The lowest BCUT2D eigenvalue weighted by atomic mass is 9.84. The molecule has 2 N–H and O–H groups in total. The third-order valence-corrected chi connectivity index (χ3v) is 4.30. The van der Waals surface area contributed by atoms with Crippen molar-refractivity contribution >= 4 is 17.3 Å². The lowest BCUT2D eigenvalue weighted by Gasteiger charge is -2.29. The second-order valence-electron chi connectivity index (χ2n) is 6.04. The van der Waals surface area contributed by atoms with E-state index in [0.29, 0.717) is 6.04 Å². The number of nitrogens with one attached hydrogen (secondary N) is 2. The minimum Gasteiger partial charge on any atom is -0.382 e.